The number of carbonyl (C=O) groups is 6. The number of aliphatic hydroxyl groups is 1. The number of carbonyl (C=O) groups excluding carboxylic acids is 6. The normalized spacial score (nSPS) is 33.5. The van der Waals surface area contributed by atoms with Gasteiger partial charge in [0.2, 0.25) is 5.91 Å². The van der Waals surface area contributed by atoms with E-state index in [1.54, 1.807) is 13.0 Å². The van der Waals surface area contributed by atoms with Crippen molar-refractivity contribution in [2.45, 2.75) is 43.9 Å². The Labute approximate surface area is 224 Å². The molecule has 0 aromatic heterocycles. The van der Waals surface area contributed by atoms with Crippen molar-refractivity contribution in [2.24, 2.45) is 29.4 Å². The molecule has 1 aromatic rings. The number of fused-ring (bicyclic) bond motifs is 3. The average molecular weight is 539 g/mol. The van der Waals surface area contributed by atoms with E-state index in [2.05, 4.69) is 12.3 Å². The Kier molecular flexibility index (Phi) is 6.97. The molecule has 1 amide bonds. The van der Waals surface area contributed by atoms with E-state index in [4.69, 9.17) is 10.5 Å². The van der Waals surface area contributed by atoms with E-state index >= 15 is 0 Å². The molecule has 4 N–H and O–H groups in total. The molecule has 11 heteroatoms. The molecule has 2 saturated carbocycles. The summed E-state index contributed by atoms with van der Waals surface area (Å²) in [7, 11) is 2.90. The second kappa shape index (κ2) is 9.68. The number of phenolic OH excluding ortho intramolecular Hbond substituents is 1. The number of rotatable bonds is 5. The second-order valence-corrected chi connectivity index (χ2v) is 10.5. The summed E-state index contributed by atoms with van der Waals surface area (Å²) in [6, 6.07) is 1.70. The number of Topliss-reactive ketones (excluding diaryl/α,β-unsaturated/α-hetero) is 4. The molecule has 8 atom stereocenters. The van der Waals surface area contributed by atoms with E-state index in [-0.39, 0.29) is 17.5 Å². The van der Waals surface area contributed by atoms with Crippen LogP contribution in [0, 0.1) is 23.7 Å². The van der Waals surface area contributed by atoms with Crippen LogP contribution in [0.15, 0.2) is 24.4 Å². The van der Waals surface area contributed by atoms with Crippen LogP contribution in [0.2, 0.25) is 0 Å². The van der Waals surface area contributed by atoms with E-state index in [0.29, 0.717) is 5.56 Å². The van der Waals surface area contributed by atoms with E-state index in [9.17, 15) is 39.0 Å². The van der Waals surface area contributed by atoms with Crippen molar-refractivity contribution in [3.8, 4) is 5.75 Å². The van der Waals surface area contributed by atoms with Gasteiger partial charge in [0.05, 0.1) is 23.4 Å². The monoisotopic (exact) mass is 538 g/mol. The molecule has 1 aromatic carbocycles. The highest BCUT2D eigenvalue weighted by Crippen LogP contribution is 2.55. The summed E-state index contributed by atoms with van der Waals surface area (Å²) in [4.78, 5) is 81.3. The van der Waals surface area contributed by atoms with Crippen LogP contribution in [0.5, 0.6) is 5.75 Å². The number of hydrogen-bond acceptors (Lipinski definition) is 10. The Balaban J connectivity index is 2.04. The quantitative estimate of drug-likeness (QED) is 0.265. The lowest BCUT2D eigenvalue weighted by atomic mass is 9.49. The standard InChI is InChI=1S/C28H30N2O9/c1-6-8-12-9-10-13-11(3)15-17(22(33)16(13)21(12)32)25(35)28(38)19(24(15)39-14(31)7-2)20(30(4)5)23(34)18(26(28)36)27(29)37/h8-11,15,17-20,24,32,38H,1,7H2,2-5H3,(H2,29,37)/t11-,15+,17?,18?,19+,20?,24-,28-/m0/s1. The van der Waals surface area contributed by atoms with Crippen molar-refractivity contribution in [3.63, 3.8) is 0 Å². The fourth-order valence-electron chi connectivity index (χ4n) is 6.58. The fraction of sp³-hybridized carbons (Fsp3) is 0.464. The minimum atomic E-state index is -3.05. The van der Waals surface area contributed by atoms with Crippen molar-refractivity contribution in [1.29, 1.82) is 0 Å². The number of benzene rings is 1. The van der Waals surface area contributed by atoms with Crippen LogP contribution in [-0.4, -0.2) is 82.0 Å². The number of amides is 1. The number of ether oxygens (including phenoxy) is 1. The summed E-state index contributed by atoms with van der Waals surface area (Å²) in [5.74, 6) is -14.4. The molecule has 206 valence electrons. The lowest BCUT2D eigenvalue weighted by Crippen LogP contribution is -2.78. The first-order valence-electron chi connectivity index (χ1n) is 12.5. The molecule has 0 radical (unpaired) electrons. The topological polar surface area (TPSA) is 181 Å². The Morgan fingerprint density at radius 3 is 2.38 bits per heavy atom. The largest absolute Gasteiger partial charge is 0.507 e. The number of esters is 1. The zero-order valence-electron chi connectivity index (χ0n) is 22.0. The molecule has 3 aliphatic carbocycles. The zero-order valence-corrected chi connectivity index (χ0v) is 22.0. The summed E-state index contributed by atoms with van der Waals surface area (Å²) in [6.45, 7) is 6.64. The third kappa shape index (κ3) is 3.80. The molecule has 0 spiro atoms. The molecule has 3 aliphatic rings. The number of primary amides is 1. The number of nitrogens with two attached hydrogens (primary N) is 1. The maximum atomic E-state index is 14.1. The van der Waals surface area contributed by atoms with Gasteiger partial charge < -0.3 is 20.7 Å². The van der Waals surface area contributed by atoms with Crippen LogP contribution in [0.1, 0.15) is 47.7 Å². The van der Waals surface area contributed by atoms with E-state index in [1.807, 2.05) is 0 Å². The Morgan fingerprint density at radius 2 is 1.85 bits per heavy atom. The number of aromatic hydroxyl groups is 1. The smallest absolute Gasteiger partial charge is 0.305 e. The fourth-order valence-corrected chi connectivity index (χ4v) is 6.58. The van der Waals surface area contributed by atoms with E-state index in [0.717, 1.165) is 0 Å². The van der Waals surface area contributed by atoms with Crippen molar-refractivity contribution < 1.29 is 43.7 Å². The minimum absolute atomic E-state index is 0.109. The molecule has 0 bridgehead atoms. The maximum Gasteiger partial charge on any atom is 0.305 e. The lowest BCUT2D eigenvalue weighted by Gasteiger charge is -2.56. The predicted octanol–water partition coefficient (Wildman–Crippen LogP) is 0.158. The van der Waals surface area contributed by atoms with Crippen LogP contribution in [0.3, 0.4) is 0 Å². The van der Waals surface area contributed by atoms with Gasteiger partial charge in [-0.2, -0.15) is 0 Å². The predicted molar refractivity (Wildman–Crippen MR) is 135 cm³/mol. The molecule has 4 rings (SSSR count). The van der Waals surface area contributed by atoms with Gasteiger partial charge in [-0.15, -0.1) is 5.73 Å². The Hall–Kier alpha value is -3.92. The molecular formula is C28H30N2O9. The summed E-state index contributed by atoms with van der Waals surface area (Å²) in [5, 5.41) is 22.9. The number of hydrogen-bond donors (Lipinski definition) is 3. The van der Waals surface area contributed by atoms with Gasteiger partial charge in [0.1, 0.15) is 11.9 Å². The summed E-state index contributed by atoms with van der Waals surface area (Å²) < 4.78 is 5.75. The first kappa shape index (κ1) is 28.1. The third-order valence-corrected chi connectivity index (χ3v) is 8.31. The Bertz CT molecular complexity index is 1370. The lowest BCUT2D eigenvalue weighted by molar-refractivity contribution is -0.205. The molecule has 11 nitrogen and oxygen atoms in total. The second-order valence-electron chi connectivity index (χ2n) is 10.5. The van der Waals surface area contributed by atoms with Gasteiger partial charge >= 0.3 is 5.97 Å². The SMILES string of the molecule is C=C=Cc1ccc2c(c1O)C(=O)C1C(=O)[C@]3(O)C(=O)C(C(N)=O)C(=O)C(N(C)C)[C@@H]3[C@@H](OC(=O)CC)[C@@H]1[C@H]2C. The number of ketones is 4. The highest BCUT2D eigenvalue weighted by Gasteiger charge is 2.74. The van der Waals surface area contributed by atoms with Crippen LogP contribution < -0.4 is 5.73 Å². The Morgan fingerprint density at radius 1 is 1.21 bits per heavy atom. The van der Waals surface area contributed by atoms with Gasteiger partial charge in [-0.05, 0) is 31.7 Å². The van der Waals surface area contributed by atoms with Crippen LogP contribution in [0.4, 0.5) is 0 Å². The summed E-state index contributed by atoms with van der Waals surface area (Å²) >= 11 is 0. The summed E-state index contributed by atoms with van der Waals surface area (Å²) in [6.07, 6.45) is -0.225. The van der Waals surface area contributed by atoms with E-state index < -0.39 is 88.1 Å². The highest BCUT2D eigenvalue weighted by atomic mass is 16.5. The first-order valence-corrected chi connectivity index (χ1v) is 12.5. The molecule has 39 heavy (non-hydrogen) atoms. The third-order valence-electron chi connectivity index (χ3n) is 8.31. The minimum Gasteiger partial charge on any atom is -0.507 e. The molecular weight excluding hydrogens is 508 g/mol. The maximum absolute atomic E-state index is 14.1. The highest BCUT2D eigenvalue weighted by molar-refractivity contribution is 6.32. The first-order chi connectivity index (χ1) is 18.2. The van der Waals surface area contributed by atoms with E-state index in [1.165, 1.54) is 38.1 Å². The van der Waals surface area contributed by atoms with Crippen molar-refractivity contribution in [2.75, 3.05) is 14.1 Å². The van der Waals surface area contributed by atoms with Gasteiger partial charge in [0.25, 0.3) is 0 Å². The van der Waals surface area contributed by atoms with Crippen LogP contribution in [-0.2, 0) is 28.7 Å². The summed E-state index contributed by atoms with van der Waals surface area (Å²) in [5.41, 5.74) is 5.20. The molecule has 2 fully saturated rings. The van der Waals surface area contributed by atoms with Crippen molar-refractivity contribution in [3.05, 3.63) is 41.1 Å². The zero-order chi connectivity index (χ0) is 29.1. The van der Waals surface area contributed by atoms with Gasteiger partial charge in [-0.1, -0.05) is 32.6 Å². The molecule has 0 saturated heterocycles. The molecule has 0 aliphatic heterocycles. The van der Waals surface area contributed by atoms with Gasteiger partial charge in [-0.3, -0.25) is 33.7 Å². The van der Waals surface area contributed by atoms with Crippen molar-refractivity contribution >= 4 is 41.1 Å². The number of phenols is 1. The van der Waals surface area contributed by atoms with Crippen LogP contribution >= 0.6 is 0 Å². The van der Waals surface area contributed by atoms with Gasteiger partial charge in [0.15, 0.2) is 34.7 Å². The number of likely N-dealkylation sites (N-methyl/N-ethyl adjacent to an activating group) is 1. The molecule has 3 unspecified atom stereocenters. The average Bonchev–Trinajstić information content (AvgIpc) is 2.86. The molecule has 0 heterocycles. The van der Waals surface area contributed by atoms with Gasteiger partial charge in [-0.25, -0.2) is 0 Å². The van der Waals surface area contributed by atoms with Crippen molar-refractivity contribution in [1.82, 2.24) is 4.90 Å². The van der Waals surface area contributed by atoms with Crippen LogP contribution in [0.25, 0.3) is 6.08 Å². The number of nitrogens with zero attached hydrogens (tertiary/aromatic N) is 1. The van der Waals surface area contributed by atoms with Gasteiger partial charge in [0, 0.05) is 17.9 Å².